The zero-order valence-electron chi connectivity index (χ0n) is 39.7. The molecule has 13 rings (SSSR count). The number of aromatic nitrogens is 1. The quantitative estimate of drug-likeness (QED) is 0.137. The summed E-state index contributed by atoms with van der Waals surface area (Å²) in [5.41, 5.74) is 18.7. The summed E-state index contributed by atoms with van der Waals surface area (Å²) in [5.74, 6) is 1.61. The highest BCUT2D eigenvalue weighted by Crippen LogP contribution is 2.58. The number of nitrogens with zero attached hydrogens (tertiary/aromatic N) is 2. The third kappa shape index (κ3) is 6.66. The fraction of sp³-hybridized carbons (Fsp3) is 0.0746. The minimum absolute atomic E-state index is 0.442. The lowest BCUT2D eigenvalue weighted by Gasteiger charge is -2.37. The second-order valence-electron chi connectivity index (χ2n) is 18.6. The maximum absolute atomic E-state index is 5.61. The van der Waals surface area contributed by atoms with Crippen molar-refractivity contribution in [3.05, 3.63) is 265 Å². The van der Waals surface area contributed by atoms with Crippen LogP contribution in [-0.2, 0) is 5.41 Å². The number of hydrogen-bond acceptors (Lipinski definition) is 3. The molecule has 10 aromatic carbocycles. The first kappa shape index (κ1) is 42.3. The number of methoxy groups -OCH3 is 2. The highest BCUT2D eigenvalue weighted by molar-refractivity contribution is 6.24. The van der Waals surface area contributed by atoms with Crippen molar-refractivity contribution >= 4 is 49.6 Å². The summed E-state index contributed by atoms with van der Waals surface area (Å²) in [6, 6.07) is 82.2. The van der Waals surface area contributed by atoms with Crippen LogP contribution in [0.15, 0.2) is 248 Å². The Morgan fingerprint density at radius 1 is 0.451 bits per heavy atom. The monoisotopic (exact) mass is 914 g/mol. The van der Waals surface area contributed by atoms with Crippen LogP contribution >= 0.6 is 0 Å². The number of allylic oxidation sites excluding steroid dienone is 4. The molecule has 1 atom stereocenters. The number of para-hydroxylation sites is 2. The van der Waals surface area contributed by atoms with Gasteiger partial charge in [0.15, 0.2) is 0 Å². The average Bonchev–Trinajstić information content (AvgIpc) is 3.94. The number of benzene rings is 10. The van der Waals surface area contributed by atoms with Gasteiger partial charge in [-0.1, -0.05) is 169 Å². The lowest BCUT2D eigenvalue weighted by Crippen LogP contribution is -2.30. The van der Waals surface area contributed by atoms with Gasteiger partial charge in [-0.05, 0) is 147 Å². The Balaban J connectivity index is 1.06. The van der Waals surface area contributed by atoms with Gasteiger partial charge in [-0.3, -0.25) is 0 Å². The molecule has 0 spiro atoms. The van der Waals surface area contributed by atoms with Crippen LogP contribution in [-0.4, -0.2) is 18.8 Å². The van der Waals surface area contributed by atoms with Crippen LogP contribution in [0.4, 0.5) is 17.1 Å². The molecule has 1 aromatic heterocycles. The minimum atomic E-state index is -0.442. The molecule has 0 amide bonds. The van der Waals surface area contributed by atoms with E-state index in [2.05, 4.69) is 228 Å². The normalized spacial score (nSPS) is 14.9. The summed E-state index contributed by atoms with van der Waals surface area (Å²) in [6.45, 7) is 0. The predicted molar refractivity (Wildman–Crippen MR) is 295 cm³/mol. The Hall–Kier alpha value is -8.86. The number of fused-ring (bicyclic) bond motifs is 8. The molecule has 0 N–H and O–H groups in total. The van der Waals surface area contributed by atoms with E-state index in [4.69, 9.17) is 9.47 Å². The van der Waals surface area contributed by atoms with E-state index in [1.54, 1.807) is 14.2 Å². The number of rotatable bonds is 10. The Bertz CT molecular complexity index is 3850. The fourth-order valence-electron chi connectivity index (χ4n) is 11.9. The molecule has 2 aliphatic carbocycles. The molecule has 0 saturated heterocycles. The second kappa shape index (κ2) is 17.3. The first-order valence-corrected chi connectivity index (χ1v) is 24.5. The molecule has 1 heterocycles. The van der Waals surface area contributed by atoms with Crippen molar-refractivity contribution in [3.63, 3.8) is 0 Å². The van der Waals surface area contributed by atoms with Gasteiger partial charge < -0.3 is 18.9 Å². The third-order valence-electron chi connectivity index (χ3n) is 15.0. The lowest BCUT2D eigenvalue weighted by molar-refractivity contribution is 0.415. The fourth-order valence-corrected chi connectivity index (χ4v) is 11.9. The SMILES string of the molecule is COc1ccc(N(c2ccc(OC)cc2)c2ccccc2-c2ccccc2-c2cc3c(c4ccccc24)c2ccccc2n3-c2ccc3c(c2)C(C2=CC=CCC2)(c2ccccc2)c2ccccc2-3)cc1. The number of ether oxygens (including phenoxy) is 2. The van der Waals surface area contributed by atoms with Crippen LogP contribution in [0, 0.1) is 0 Å². The van der Waals surface area contributed by atoms with Gasteiger partial charge in [0.05, 0.1) is 36.4 Å². The molecule has 340 valence electrons. The summed E-state index contributed by atoms with van der Waals surface area (Å²) >= 11 is 0. The highest BCUT2D eigenvalue weighted by Gasteiger charge is 2.47. The van der Waals surface area contributed by atoms with Crippen molar-refractivity contribution in [2.45, 2.75) is 18.3 Å². The Labute approximate surface area is 414 Å². The smallest absolute Gasteiger partial charge is 0.119 e. The van der Waals surface area contributed by atoms with Gasteiger partial charge in [0, 0.05) is 33.4 Å². The third-order valence-corrected chi connectivity index (χ3v) is 15.0. The number of hydrogen-bond donors (Lipinski definition) is 0. The van der Waals surface area contributed by atoms with Gasteiger partial charge in [0.1, 0.15) is 11.5 Å². The summed E-state index contributed by atoms with van der Waals surface area (Å²) < 4.78 is 13.8. The first-order valence-electron chi connectivity index (χ1n) is 24.5. The first-order chi connectivity index (χ1) is 35.1. The van der Waals surface area contributed by atoms with Gasteiger partial charge in [0.2, 0.25) is 0 Å². The molecule has 4 heteroatoms. The van der Waals surface area contributed by atoms with Crippen molar-refractivity contribution < 1.29 is 9.47 Å². The molecule has 71 heavy (non-hydrogen) atoms. The summed E-state index contributed by atoms with van der Waals surface area (Å²) in [5, 5.41) is 4.92. The van der Waals surface area contributed by atoms with Crippen LogP contribution < -0.4 is 14.4 Å². The topological polar surface area (TPSA) is 26.6 Å². The maximum Gasteiger partial charge on any atom is 0.119 e. The van der Waals surface area contributed by atoms with E-state index < -0.39 is 5.41 Å². The standard InChI is InChI=1S/C67H50N2O2/c1-70-50-38-33-47(34-39-50)68(48-35-40-51(71-2)41-36-48)63-31-17-14-27-57(63)52-23-9-10-24-53(52)60-44-65-66(58-28-12-11-25-54(58)60)59-29-15-18-32-64(59)69(65)49-37-42-56-55-26-13-16-30-61(55)67(62(56)43-49,45-19-5-3-6-20-45)46-21-7-4-8-22-46/h3-7,9-21,23-44H,8,22H2,1-2H3. The summed E-state index contributed by atoms with van der Waals surface area (Å²) in [6.07, 6.45) is 8.97. The zero-order chi connectivity index (χ0) is 47.5. The molecule has 0 saturated carbocycles. The number of anilines is 3. The molecular formula is C67H50N2O2. The van der Waals surface area contributed by atoms with E-state index >= 15 is 0 Å². The van der Waals surface area contributed by atoms with E-state index in [0.29, 0.717) is 0 Å². The van der Waals surface area contributed by atoms with Gasteiger partial charge in [-0.2, -0.15) is 0 Å². The molecule has 4 nitrogen and oxygen atoms in total. The average molecular weight is 915 g/mol. The molecular weight excluding hydrogens is 865 g/mol. The van der Waals surface area contributed by atoms with E-state index in [9.17, 15) is 0 Å². The van der Waals surface area contributed by atoms with Crippen molar-refractivity contribution in [2.75, 3.05) is 19.1 Å². The largest absolute Gasteiger partial charge is 0.497 e. The van der Waals surface area contributed by atoms with E-state index in [-0.39, 0.29) is 0 Å². The Kier molecular flexibility index (Phi) is 10.3. The van der Waals surface area contributed by atoms with Gasteiger partial charge in [0.25, 0.3) is 0 Å². The zero-order valence-corrected chi connectivity index (χ0v) is 39.7. The minimum Gasteiger partial charge on any atom is -0.497 e. The van der Waals surface area contributed by atoms with Gasteiger partial charge in [-0.15, -0.1) is 0 Å². The maximum atomic E-state index is 5.61. The van der Waals surface area contributed by atoms with Crippen LogP contribution in [0.5, 0.6) is 11.5 Å². The molecule has 0 aliphatic heterocycles. The van der Waals surface area contributed by atoms with Gasteiger partial charge >= 0.3 is 0 Å². The second-order valence-corrected chi connectivity index (χ2v) is 18.6. The van der Waals surface area contributed by atoms with Crippen molar-refractivity contribution in [1.82, 2.24) is 4.57 Å². The molecule has 11 aromatic rings. The van der Waals surface area contributed by atoms with Crippen LogP contribution in [0.3, 0.4) is 0 Å². The molecule has 0 bridgehead atoms. The molecule has 2 aliphatic rings. The van der Waals surface area contributed by atoms with Crippen LogP contribution in [0.25, 0.3) is 71.6 Å². The summed E-state index contributed by atoms with van der Waals surface area (Å²) in [7, 11) is 3.41. The Morgan fingerprint density at radius 3 is 1.72 bits per heavy atom. The summed E-state index contributed by atoms with van der Waals surface area (Å²) in [4.78, 5) is 2.32. The Morgan fingerprint density at radius 2 is 1.03 bits per heavy atom. The van der Waals surface area contributed by atoms with E-state index in [1.165, 1.54) is 71.5 Å². The highest BCUT2D eigenvalue weighted by atomic mass is 16.5. The van der Waals surface area contributed by atoms with Crippen molar-refractivity contribution in [2.24, 2.45) is 0 Å². The van der Waals surface area contributed by atoms with E-state index in [0.717, 1.165) is 63.8 Å². The van der Waals surface area contributed by atoms with Crippen LogP contribution in [0.1, 0.15) is 29.5 Å². The molecule has 0 fully saturated rings. The van der Waals surface area contributed by atoms with Crippen molar-refractivity contribution in [1.29, 1.82) is 0 Å². The predicted octanol–water partition coefficient (Wildman–Crippen LogP) is 17.3. The lowest BCUT2D eigenvalue weighted by atomic mass is 9.65. The van der Waals surface area contributed by atoms with Crippen LogP contribution in [0.2, 0.25) is 0 Å². The van der Waals surface area contributed by atoms with Crippen molar-refractivity contribution in [3.8, 4) is 50.6 Å². The van der Waals surface area contributed by atoms with Gasteiger partial charge in [-0.25, -0.2) is 0 Å². The molecule has 0 radical (unpaired) electrons. The van der Waals surface area contributed by atoms with E-state index in [1.807, 2.05) is 24.3 Å². The molecule has 1 unspecified atom stereocenters.